The average Bonchev–Trinajstić information content (AvgIpc) is 3.08. The van der Waals surface area contributed by atoms with Crippen LogP contribution in [0.3, 0.4) is 0 Å². The van der Waals surface area contributed by atoms with E-state index in [9.17, 15) is 14.4 Å². The van der Waals surface area contributed by atoms with Crippen molar-refractivity contribution in [2.24, 2.45) is 5.41 Å². The molecule has 1 aromatic heterocycles. The number of ether oxygens (including phenoxy) is 1. The molecular weight excluding hydrogens is 444 g/mol. The van der Waals surface area contributed by atoms with Crippen molar-refractivity contribution in [3.05, 3.63) is 40.3 Å². The maximum Gasteiger partial charge on any atom is 0.341 e. The highest BCUT2D eigenvalue weighted by Gasteiger charge is 2.27. The number of carbonyl (C=O) groups is 3. The Morgan fingerprint density at radius 1 is 1.09 bits per heavy atom. The zero-order chi connectivity index (χ0) is 23.3. The Labute approximate surface area is 197 Å². The van der Waals surface area contributed by atoms with Gasteiger partial charge in [-0.25, -0.2) is 4.79 Å². The summed E-state index contributed by atoms with van der Waals surface area (Å²) in [5.41, 5.74) is 2.16. The zero-order valence-electron chi connectivity index (χ0n) is 19.0. The van der Waals surface area contributed by atoms with Gasteiger partial charge in [0.05, 0.1) is 18.4 Å². The molecule has 6 nitrogen and oxygen atoms in total. The minimum atomic E-state index is -0.397. The van der Waals surface area contributed by atoms with Crippen LogP contribution in [-0.2, 0) is 27.2 Å². The number of aryl methyl sites for hydroxylation is 1. The van der Waals surface area contributed by atoms with Crippen molar-refractivity contribution in [1.29, 1.82) is 0 Å². The largest absolute Gasteiger partial charge is 0.465 e. The summed E-state index contributed by atoms with van der Waals surface area (Å²) >= 11 is 2.86. The molecule has 3 rings (SSSR count). The van der Waals surface area contributed by atoms with Gasteiger partial charge in [-0.3, -0.25) is 9.59 Å². The number of thioether (sulfide) groups is 1. The molecular formula is C24H30N2O4S2. The second-order valence-corrected chi connectivity index (χ2v) is 11.2. The van der Waals surface area contributed by atoms with E-state index >= 15 is 0 Å². The Hall–Kier alpha value is -2.32. The van der Waals surface area contributed by atoms with Crippen molar-refractivity contribution < 1.29 is 19.1 Å². The molecule has 1 aliphatic carbocycles. The van der Waals surface area contributed by atoms with Crippen LogP contribution in [0.25, 0.3) is 0 Å². The quantitative estimate of drug-likeness (QED) is 0.408. The SMILES string of the molecule is COC(=O)c1c(NC(=O)CSc2cccc(NC(=O)CC(C)(C)C)c2)sc2c1CCCC2. The third-order valence-corrected chi connectivity index (χ3v) is 7.19. The van der Waals surface area contributed by atoms with E-state index in [1.165, 1.54) is 35.1 Å². The molecule has 1 aromatic carbocycles. The fraction of sp³-hybridized carbons (Fsp3) is 0.458. The summed E-state index contributed by atoms with van der Waals surface area (Å²) in [7, 11) is 1.37. The second-order valence-electron chi connectivity index (χ2n) is 9.06. The first kappa shape index (κ1) is 24.3. The number of fused-ring (bicyclic) bond motifs is 1. The lowest BCUT2D eigenvalue weighted by Gasteiger charge is -2.17. The van der Waals surface area contributed by atoms with Gasteiger partial charge >= 0.3 is 5.97 Å². The monoisotopic (exact) mass is 474 g/mol. The molecule has 0 bridgehead atoms. The number of nitrogens with one attached hydrogen (secondary N) is 2. The molecule has 0 radical (unpaired) electrons. The number of amides is 2. The van der Waals surface area contributed by atoms with Crippen molar-refractivity contribution in [1.82, 2.24) is 0 Å². The summed E-state index contributed by atoms with van der Waals surface area (Å²) in [5, 5.41) is 6.41. The Balaban J connectivity index is 1.62. The molecule has 0 fully saturated rings. The minimum Gasteiger partial charge on any atom is -0.465 e. The number of anilines is 2. The minimum absolute atomic E-state index is 0.0330. The molecule has 32 heavy (non-hydrogen) atoms. The zero-order valence-corrected chi connectivity index (χ0v) is 20.6. The highest BCUT2D eigenvalue weighted by Crippen LogP contribution is 2.38. The van der Waals surface area contributed by atoms with Gasteiger partial charge in [0.2, 0.25) is 11.8 Å². The maximum atomic E-state index is 12.6. The predicted molar refractivity (Wildman–Crippen MR) is 131 cm³/mol. The van der Waals surface area contributed by atoms with Gasteiger partial charge in [-0.2, -0.15) is 0 Å². The summed E-state index contributed by atoms with van der Waals surface area (Å²) in [6.07, 6.45) is 4.34. The van der Waals surface area contributed by atoms with Gasteiger partial charge < -0.3 is 15.4 Å². The van der Waals surface area contributed by atoms with Crippen LogP contribution >= 0.6 is 23.1 Å². The first-order chi connectivity index (χ1) is 15.2. The van der Waals surface area contributed by atoms with E-state index < -0.39 is 5.97 Å². The number of carbonyl (C=O) groups excluding carboxylic acids is 3. The third kappa shape index (κ3) is 6.59. The van der Waals surface area contributed by atoms with Crippen LogP contribution in [0, 0.1) is 5.41 Å². The smallest absolute Gasteiger partial charge is 0.341 e. The van der Waals surface area contributed by atoms with Gasteiger partial charge in [-0.15, -0.1) is 23.1 Å². The van der Waals surface area contributed by atoms with Crippen LogP contribution in [0.2, 0.25) is 0 Å². The molecule has 2 N–H and O–H groups in total. The average molecular weight is 475 g/mol. The van der Waals surface area contributed by atoms with E-state index in [2.05, 4.69) is 10.6 Å². The first-order valence-corrected chi connectivity index (χ1v) is 12.5. The number of thiophene rings is 1. The number of hydrogen-bond acceptors (Lipinski definition) is 6. The molecule has 8 heteroatoms. The highest BCUT2D eigenvalue weighted by molar-refractivity contribution is 8.00. The topological polar surface area (TPSA) is 84.5 Å². The Bertz CT molecular complexity index is 1010. The summed E-state index contributed by atoms with van der Waals surface area (Å²) in [4.78, 5) is 39.2. The van der Waals surface area contributed by atoms with E-state index in [0.29, 0.717) is 22.7 Å². The molecule has 0 atom stereocenters. The Morgan fingerprint density at radius 2 is 1.84 bits per heavy atom. The van der Waals surface area contributed by atoms with Gasteiger partial charge in [0.25, 0.3) is 0 Å². The van der Waals surface area contributed by atoms with Gasteiger partial charge in [0.15, 0.2) is 0 Å². The summed E-state index contributed by atoms with van der Waals surface area (Å²) < 4.78 is 4.96. The lowest BCUT2D eigenvalue weighted by Crippen LogP contribution is -2.19. The van der Waals surface area contributed by atoms with Crippen LogP contribution in [0.1, 0.15) is 60.8 Å². The highest BCUT2D eigenvalue weighted by atomic mass is 32.2. The van der Waals surface area contributed by atoms with Crippen LogP contribution in [0.15, 0.2) is 29.2 Å². The van der Waals surface area contributed by atoms with E-state index in [1.807, 2.05) is 45.0 Å². The predicted octanol–water partition coefficient (Wildman–Crippen LogP) is 5.52. The van der Waals surface area contributed by atoms with Crippen molar-refractivity contribution >= 4 is 51.6 Å². The number of methoxy groups -OCH3 is 1. The van der Waals surface area contributed by atoms with Gasteiger partial charge in [-0.05, 0) is 54.9 Å². The molecule has 2 amide bonds. The van der Waals surface area contributed by atoms with Crippen molar-refractivity contribution in [3.8, 4) is 0 Å². The maximum absolute atomic E-state index is 12.6. The first-order valence-electron chi connectivity index (χ1n) is 10.7. The molecule has 0 spiro atoms. The van der Waals surface area contributed by atoms with Gasteiger partial charge in [0, 0.05) is 21.9 Å². The summed E-state index contributed by atoms with van der Waals surface area (Å²) in [5.74, 6) is -0.413. The molecule has 2 aromatic rings. The third-order valence-electron chi connectivity index (χ3n) is 4.99. The Morgan fingerprint density at radius 3 is 2.56 bits per heavy atom. The summed E-state index contributed by atoms with van der Waals surface area (Å²) in [6.45, 7) is 6.06. The fourth-order valence-corrected chi connectivity index (χ4v) is 5.68. The second kappa shape index (κ2) is 10.5. The number of benzene rings is 1. The van der Waals surface area contributed by atoms with Gasteiger partial charge in [-0.1, -0.05) is 26.8 Å². The number of esters is 1. The molecule has 172 valence electrons. The normalized spacial score (nSPS) is 13.2. The van der Waals surface area contributed by atoms with Crippen LogP contribution < -0.4 is 10.6 Å². The van der Waals surface area contributed by atoms with Crippen LogP contribution in [-0.4, -0.2) is 30.6 Å². The standard InChI is InChI=1S/C24H30N2O4S2/c1-24(2,3)13-19(27)25-15-8-7-9-16(12-15)31-14-20(28)26-22-21(23(29)30-4)17-10-5-6-11-18(17)32-22/h7-9,12H,5-6,10-11,13-14H2,1-4H3,(H,25,27)(H,26,28). The van der Waals surface area contributed by atoms with E-state index in [1.54, 1.807) is 0 Å². The Kier molecular flexibility index (Phi) is 8.00. The summed E-state index contributed by atoms with van der Waals surface area (Å²) in [6, 6.07) is 7.46. The number of hydrogen-bond donors (Lipinski definition) is 2. The number of rotatable bonds is 7. The lowest BCUT2D eigenvalue weighted by atomic mass is 9.92. The molecule has 0 saturated heterocycles. The molecule has 1 heterocycles. The lowest BCUT2D eigenvalue weighted by molar-refractivity contribution is -0.118. The van der Waals surface area contributed by atoms with Crippen molar-refractivity contribution in [2.75, 3.05) is 23.5 Å². The van der Waals surface area contributed by atoms with Crippen LogP contribution in [0.4, 0.5) is 10.7 Å². The fourth-order valence-electron chi connectivity index (χ4n) is 3.63. The van der Waals surface area contributed by atoms with Gasteiger partial charge in [0.1, 0.15) is 5.00 Å². The molecule has 0 unspecified atom stereocenters. The van der Waals surface area contributed by atoms with E-state index in [0.717, 1.165) is 36.1 Å². The molecule has 1 aliphatic rings. The van der Waals surface area contributed by atoms with Crippen molar-refractivity contribution in [2.45, 2.75) is 57.8 Å². The molecule has 0 aliphatic heterocycles. The van der Waals surface area contributed by atoms with E-state index in [4.69, 9.17) is 4.74 Å². The molecule has 0 saturated carbocycles. The van der Waals surface area contributed by atoms with Crippen LogP contribution in [0.5, 0.6) is 0 Å². The van der Waals surface area contributed by atoms with Crippen molar-refractivity contribution in [3.63, 3.8) is 0 Å². The van der Waals surface area contributed by atoms with E-state index in [-0.39, 0.29) is 23.0 Å².